The summed E-state index contributed by atoms with van der Waals surface area (Å²) in [7, 11) is 1.95. The second-order valence-corrected chi connectivity index (χ2v) is 10.0. The number of amides is 1. The number of hydrogen-bond acceptors (Lipinski definition) is 5. The van der Waals surface area contributed by atoms with Crippen molar-refractivity contribution in [2.45, 2.75) is 32.5 Å². The van der Waals surface area contributed by atoms with Crippen molar-refractivity contribution >= 4 is 23.2 Å². The second-order valence-electron chi connectivity index (χ2n) is 10.0. The molecule has 3 aliphatic rings. The van der Waals surface area contributed by atoms with E-state index in [4.69, 9.17) is 0 Å². The molecule has 2 aromatic carbocycles. The first-order valence-electron chi connectivity index (χ1n) is 12.0. The van der Waals surface area contributed by atoms with Gasteiger partial charge in [-0.1, -0.05) is 25.1 Å². The summed E-state index contributed by atoms with van der Waals surface area (Å²) in [4.78, 5) is 39.3. The maximum atomic E-state index is 13.2. The molecule has 1 N–H and O–H groups in total. The average Bonchev–Trinajstić information content (AvgIpc) is 3.44. The highest BCUT2D eigenvalue weighted by Crippen LogP contribution is 2.51. The summed E-state index contributed by atoms with van der Waals surface area (Å²) < 4.78 is 3.99. The number of carboxylic acids is 1. The third kappa shape index (κ3) is 3.04. The van der Waals surface area contributed by atoms with Crippen molar-refractivity contribution in [2.75, 3.05) is 0 Å². The van der Waals surface area contributed by atoms with E-state index in [1.165, 1.54) is 4.90 Å². The first-order valence-corrected chi connectivity index (χ1v) is 12.0. The number of hydrogen-bond donors (Lipinski definition) is 1. The van der Waals surface area contributed by atoms with E-state index >= 15 is 0 Å². The van der Waals surface area contributed by atoms with E-state index in [-0.39, 0.29) is 17.4 Å². The lowest BCUT2D eigenvalue weighted by molar-refractivity contribution is -0.671. The number of benzene rings is 2. The van der Waals surface area contributed by atoms with E-state index in [9.17, 15) is 24.6 Å². The molecule has 0 saturated carbocycles. The number of aromatic nitrogens is 2. The van der Waals surface area contributed by atoms with Crippen LogP contribution in [-0.2, 0) is 23.2 Å². The normalized spacial score (nSPS) is 22.9. The van der Waals surface area contributed by atoms with Crippen LogP contribution in [-0.4, -0.2) is 44.4 Å². The van der Waals surface area contributed by atoms with Crippen LogP contribution in [0.15, 0.2) is 60.8 Å². The molecule has 0 spiro atoms. The predicted molar refractivity (Wildman–Crippen MR) is 127 cm³/mol. The third-order valence-electron chi connectivity index (χ3n) is 7.75. The van der Waals surface area contributed by atoms with E-state index < -0.39 is 29.9 Å². The van der Waals surface area contributed by atoms with Crippen molar-refractivity contribution in [1.82, 2.24) is 9.47 Å². The third-order valence-corrected chi connectivity index (χ3v) is 7.75. The van der Waals surface area contributed by atoms with Crippen molar-refractivity contribution in [1.29, 1.82) is 0 Å². The number of carbonyl (C=O) groups is 3. The number of aryl methyl sites for hydroxylation is 1. The number of imidazole rings is 1. The Labute approximate surface area is 207 Å². The van der Waals surface area contributed by atoms with Gasteiger partial charge in [-0.15, -0.1) is 0 Å². The van der Waals surface area contributed by atoms with Crippen LogP contribution in [0.5, 0.6) is 0 Å². The van der Waals surface area contributed by atoms with Crippen LogP contribution in [0, 0.1) is 11.8 Å². The van der Waals surface area contributed by atoms with Crippen molar-refractivity contribution in [3.63, 3.8) is 0 Å². The maximum absolute atomic E-state index is 13.2. The highest BCUT2D eigenvalue weighted by molar-refractivity contribution is 6.22. The summed E-state index contributed by atoms with van der Waals surface area (Å²) in [5.41, 5.74) is 4.74. The van der Waals surface area contributed by atoms with E-state index in [1.807, 2.05) is 66.1 Å². The molecule has 0 unspecified atom stereocenters. The quantitative estimate of drug-likeness (QED) is 0.335. The number of carboxylic acid groups (broad SMARTS) is 1. The molecule has 36 heavy (non-hydrogen) atoms. The molecule has 0 bridgehead atoms. The van der Waals surface area contributed by atoms with Crippen LogP contribution in [0.4, 0.5) is 0 Å². The number of carbonyl (C=O) groups excluding carboxylic acids is 3. The molecule has 182 valence electrons. The van der Waals surface area contributed by atoms with Gasteiger partial charge >= 0.3 is 0 Å². The topological polar surface area (TPSA) is 107 Å². The zero-order valence-electron chi connectivity index (χ0n) is 20.1. The molecule has 1 saturated heterocycles. The number of β-lactam (4-membered cyclic amide) rings is 1. The Bertz CT molecular complexity index is 1520. The molecule has 2 aliphatic heterocycles. The number of aliphatic hydroxyl groups excluding tert-OH is 1. The van der Waals surface area contributed by atoms with Gasteiger partial charge in [0.1, 0.15) is 18.9 Å². The van der Waals surface area contributed by atoms with Gasteiger partial charge in [0, 0.05) is 17.0 Å². The number of fused-ring (bicyclic) bond motifs is 4. The standard InChI is InChI=1S/C28H25N3O5/c1-14-22(25(28(35)36)31-24(14)23(15(2)32)27(31)34)17-5-7-19-20(11-17)18-6-4-16(10-21(18)26(19)33)12-30-9-8-29(3)13-30/h4-11,13-15,23-24,32H,12H2,1-3H3/t14-,15+,23+,24+/m0/s1. The van der Waals surface area contributed by atoms with Gasteiger partial charge in [0.15, 0.2) is 5.78 Å². The monoisotopic (exact) mass is 483 g/mol. The fourth-order valence-electron chi connectivity index (χ4n) is 6.14. The molecule has 4 atom stereocenters. The lowest BCUT2D eigenvalue weighted by Gasteiger charge is -2.47. The summed E-state index contributed by atoms with van der Waals surface area (Å²) in [5, 5.41) is 22.2. The largest absolute Gasteiger partial charge is 0.543 e. The van der Waals surface area contributed by atoms with Gasteiger partial charge < -0.3 is 19.9 Å². The summed E-state index contributed by atoms with van der Waals surface area (Å²) >= 11 is 0. The Kier molecular flexibility index (Phi) is 4.82. The van der Waals surface area contributed by atoms with Gasteiger partial charge in [0.05, 0.1) is 36.8 Å². The molecular weight excluding hydrogens is 458 g/mol. The van der Waals surface area contributed by atoms with Crippen LogP contribution in [0.25, 0.3) is 16.7 Å². The Balaban J connectivity index is 1.40. The highest BCUT2D eigenvalue weighted by atomic mass is 16.4. The number of nitrogens with zero attached hydrogens (tertiary/aromatic N) is 3. The Morgan fingerprint density at radius 1 is 1.11 bits per heavy atom. The van der Waals surface area contributed by atoms with Crippen LogP contribution >= 0.6 is 0 Å². The van der Waals surface area contributed by atoms with E-state index in [0.717, 1.165) is 16.7 Å². The summed E-state index contributed by atoms with van der Waals surface area (Å²) in [6.07, 6.45) is 5.01. The van der Waals surface area contributed by atoms with Crippen LogP contribution in [0.2, 0.25) is 0 Å². The molecule has 8 nitrogen and oxygen atoms in total. The average molecular weight is 484 g/mol. The molecular formula is C28H25N3O5. The first kappa shape index (κ1) is 22.4. The molecule has 3 aromatic rings. The van der Waals surface area contributed by atoms with Gasteiger partial charge in [-0.05, 0) is 52.9 Å². The smallest absolute Gasteiger partial charge is 0.243 e. The summed E-state index contributed by atoms with van der Waals surface area (Å²) in [5.74, 6) is -2.84. The highest BCUT2D eigenvalue weighted by Gasteiger charge is 2.58. The van der Waals surface area contributed by atoms with Crippen LogP contribution < -0.4 is 9.67 Å². The second kappa shape index (κ2) is 7.73. The minimum Gasteiger partial charge on any atom is -0.543 e. The molecule has 1 amide bonds. The van der Waals surface area contributed by atoms with Crippen molar-refractivity contribution in [3.8, 4) is 11.1 Å². The molecule has 0 radical (unpaired) electrons. The van der Waals surface area contributed by atoms with Crippen LogP contribution in [0.3, 0.4) is 0 Å². The number of aliphatic hydroxyl groups is 1. The minimum absolute atomic E-state index is 0.0618. The molecule has 1 fully saturated rings. The minimum atomic E-state index is -1.42. The Morgan fingerprint density at radius 2 is 1.86 bits per heavy atom. The molecule has 3 heterocycles. The number of ketones is 1. The van der Waals surface area contributed by atoms with Crippen molar-refractivity contribution in [3.05, 3.63) is 83.1 Å². The Morgan fingerprint density at radius 3 is 2.53 bits per heavy atom. The zero-order chi connectivity index (χ0) is 25.5. The van der Waals surface area contributed by atoms with Crippen molar-refractivity contribution in [2.24, 2.45) is 18.9 Å². The van der Waals surface area contributed by atoms with E-state index in [1.54, 1.807) is 19.1 Å². The van der Waals surface area contributed by atoms with Gasteiger partial charge in [-0.3, -0.25) is 9.59 Å². The van der Waals surface area contributed by atoms with Gasteiger partial charge in [-0.25, -0.2) is 9.13 Å². The first-order chi connectivity index (χ1) is 17.2. The fourth-order valence-corrected chi connectivity index (χ4v) is 6.14. The lowest BCUT2D eigenvalue weighted by atomic mass is 9.76. The summed E-state index contributed by atoms with van der Waals surface area (Å²) in [6, 6.07) is 10.7. The van der Waals surface area contributed by atoms with E-state index in [0.29, 0.717) is 28.8 Å². The molecule has 8 heteroatoms. The maximum Gasteiger partial charge on any atom is 0.243 e. The predicted octanol–water partition coefficient (Wildman–Crippen LogP) is 0.891. The van der Waals surface area contributed by atoms with Gasteiger partial charge in [-0.2, -0.15) is 0 Å². The van der Waals surface area contributed by atoms with Crippen LogP contribution in [0.1, 0.15) is 40.9 Å². The number of rotatable bonds is 5. The lowest BCUT2D eigenvalue weighted by Crippen LogP contribution is -2.64. The van der Waals surface area contributed by atoms with Crippen molar-refractivity contribution < 1.29 is 29.2 Å². The molecule has 1 aromatic heterocycles. The summed E-state index contributed by atoms with van der Waals surface area (Å²) in [6.45, 7) is 4.05. The zero-order valence-corrected chi connectivity index (χ0v) is 20.1. The SMILES string of the molecule is C[C@@H](O)[C@H]1C(=O)N2C(C(=O)[O-])=C(c3ccc4c(c3)-c3ccc(Cn5cc[n+](C)c5)cc3C4=O)[C@H](C)[C@H]12. The Hall–Kier alpha value is -4.04. The van der Waals surface area contributed by atoms with Gasteiger partial charge in [0.2, 0.25) is 12.2 Å². The van der Waals surface area contributed by atoms with Gasteiger partial charge in [0.25, 0.3) is 0 Å². The van der Waals surface area contributed by atoms with E-state index in [2.05, 4.69) is 0 Å². The fraction of sp³-hybridized carbons (Fsp3) is 0.286. The molecule has 6 rings (SSSR count). The molecule has 1 aliphatic carbocycles. The number of aliphatic carboxylic acids is 1.